The summed E-state index contributed by atoms with van der Waals surface area (Å²) in [6.45, 7) is 5.32. The van der Waals surface area contributed by atoms with Crippen molar-refractivity contribution >= 4 is 22.9 Å². The van der Waals surface area contributed by atoms with Crippen LogP contribution in [-0.2, 0) is 13.0 Å². The first kappa shape index (κ1) is 15.0. The van der Waals surface area contributed by atoms with Gasteiger partial charge in [0, 0.05) is 34.8 Å². The smallest absolute Gasteiger partial charge is 0.0975 e. The monoisotopic (exact) mass is 320 g/mol. The predicted octanol–water partition coefficient (Wildman–Crippen LogP) is 4.76. The summed E-state index contributed by atoms with van der Waals surface area (Å²) in [5.74, 6) is 0.712. The highest BCUT2D eigenvalue weighted by Crippen LogP contribution is 2.42. The Balaban J connectivity index is 1.75. The van der Waals surface area contributed by atoms with E-state index in [1.54, 1.807) is 0 Å². The van der Waals surface area contributed by atoms with Crippen LogP contribution in [0.15, 0.2) is 24.3 Å². The van der Waals surface area contributed by atoms with E-state index < -0.39 is 0 Å². The van der Waals surface area contributed by atoms with Gasteiger partial charge >= 0.3 is 0 Å². The number of nitrogens with zero attached hydrogens (tertiary/aromatic N) is 1. The highest BCUT2D eigenvalue weighted by Gasteiger charge is 2.29. The molecule has 1 N–H and O–H groups in total. The Hall–Kier alpha value is -0.900. The zero-order chi connectivity index (χ0) is 14.8. The fourth-order valence-corrected chi connectivity index (χ4v) is 3.63. The third-order valence-electron chi connectivity index (χ3n) is 3.68. The van der Waals surface area contributed by atoms with Gasteiger partial charge in [-0.1, -0.05) is 37.6 Å². The van der Waals surface area contributed by atoms with Gasteiger partial charge in [-0.2, -0.15) is 0 Å². The Labute approximate surface area is 135 Å². The first-order valence-electron chi connectivity index (χ1n) is 7.58. The number of thiazole rings is 1. The molecule has 0 spiro atoms. The molecule has 1 saturated carbocycles. The summed E-state index contributed by atoms with van der Waals surface area (Å²) in [7, 11) is 0. The van der Waals surface area contributed by atoms with Crippen molar-refractivity contribution in [3.8, 4) is 0 Å². The van der Waals surface area contributed by atoms with Crippen LogP contribution in [0, 0.1) is 0 Å². The van der Waals surface area contributed by atoms with Crippen molar-refractivity contribution < 1.29 is 0 Å². The van der Waals surface area contributed by atoms with Crippen molar-refractivity contribution in [2.45, 2.75) is 51.6 Å². The lowest BCUT2D eigenvalue weighted by Crippen LogP contribution is -2.21. The van der Waals surface area contributed by atoms with E-state index in [9.17, 15) is 0 Å². The minimum absolute atomic E-state index is 0.513. The van der Waals surface area contributed by atoms with Gasteiger partial charge in [0.2, 0.25) is 0 Å². The standard InChI is InChI=1S/C17H21ClN2S/c1-11(2)19-10-15-17(13-5-6-13)20-16(21-15)9-12-3-7-14(18)8-4-12/h3-4,7-8,11,13,19H,5-6,9-10H2,1-2H3. The van der Waals surface area contributed by atoms with E-state index in [4.69, 9.17) is 16.6 Å². The lowest BCUT2D eigenvalue weighted by atomic mass is 10.1. The van der Waals surface area contributed by atoms with E-state index in [1.807, 2.05) is 23.5 Å². The van der Waals surface area contributed by atoms with Crippen LogP contribution in [0.5, 0.6) is 0 Å². The van der Waals surface area contributed by atoms with Crippen molar-refractivity contribution in [1.82, 2.24) is 10.3 Å². The van der Waals surface area contributed by atoms with Gasteiger partial charge < -0.3 is 5.32 Å². The minimum atomic E-state index is 0.513. The summed E-state index contributed by atoms with van der Waals surface area (Å²) in [6, 6.07) is 8.60. The maximum atomic E-state index is 5.94. The molecule has 2 aromatic rings. The van der Waals surface area contributed by atoms with Gasteiger partial charge in [-0.05, 0) is 30.5 Å². The van der Waals surface area contributed by atoms with Crippen LogP contribution in [0.25, 0.3) is 0 Å². The Bertz CT molecular complexity index is 600. The zero-order valence-electron chi connectivity index (χ0n) is 12.5. The summed E-state index contributed by atoms with van der Waals surface area (Å²) >= 11 is 7.81. The normalized spacial score (nSPS) is 14.9. The highest BCUT2D eigenvalue weighted by atomic mass is 35.5. The average Bonchev–Trinajstić information content (AvgIpc) is 3.21. The molecule has 1 heterocycles. The summed E-state index contributed by atoms with van der Waals surface area (Å²) in [5, 5.41) is 5.53. The topological polar surface area (TPSA) is 24.9 Å². The van der Waals surface area contributed by atoms with Crippen molar-refractivity contribution in [1.29, 1.82) is 0 Å². The molecule has 1 aliphatic rings. The van der Waals surface area contributed by atoms with Gasteiger partial charge in [-0.15, -0.1) is 11.3 Å². The molecule has 0 aliphatic heterocycles. The molecule has 0 bridgehead atoms. The van der Waals surface area contributed by atoms with E-state index in [0.717, 1.165) is 18.0 Å². The van der Waals surface area contributed by atoms with E-state index in [0.29, 0.717) is 12.0 Å². The third-order valence-corrected chi connectivity index (χ3v) is 5.00. The molecule has 0 amide bonds. The molecule has 0 unspecified atom stereocenters. The fraction of sp³-hybridized carbons (Fsp3) is 0.471. The largest absolute Gasteiger partial charge is 0.310 e. The second kappa shape index (κ2) is 6.47. The highest BCUT2D eigenvalue weighted by molar-refractivity contribution is 7.11. The quantitative estimate of drug-likeness (QED) is 0.829. The van der Waals surface area contributed by atoms with Crippen molar-refractivity contribution in [2.75, 3.05) is 0 Å². The second-order valence-corrected chi connectivity index (χ2v) is 7.63. The Morgan fingerprint density at radius 2 is 2.00 bits per heavy atom. The Morgan fingerprint density at radius 3 is 2.62 bits per heavy atom. The van der Waals surface area contributed by atoms with Crippen LogP contribution < -0.4 is 5.32 Å². The zero-order valence-corrected chi connectivity index (χ0v) is 14.1. The fourth-order valence-electron chi connectivity index (χ4n) is 2.37. The molecule has 1 aromatic carbocycles. The molecule has 1 fully saturated rings. The molecule has 0 atom stereocenters. The summed E-state index contributed by atoms with van der Waals surface area (Å²) in [5.41, 5.74) is 2.62. The number of hydrogen-bond donors (Lipinski definition) is 1. The van der Waals surface area contributed by atoms with Crippen molar-refractivity contribution in [3.05, 3.63) is 50.4 Å². The Kier molecular flexibility index (Phi) is 4.63. The number of aromatic nitrogens is 1. The van der Waals surface area contributed by atoms with Gasteiger partial charge in [-0.25, -0.2) is 4.98 Å². The second-order valence-electron chi connectivity index (χ2n) is 6.03. The molecule has 1 aliphatic carbocycles. The third kappa shape index (κ3) is 4.06. The van der Waals surface area contributed by atoms with Crippen LogP contribution >= 0.6 is 22.9 Å². The number of rotatable bonds is 6. The maximum absolute atomic E-state index is 5.94. The lowest BCUT2D eigenvalue weighted by Gasteiger charge is -2.07. The number of hydrogen-bond acceptors (Lipinski definition) is 3. The van der Waals surface area contributed by atoms with Gasteiger partial charge in [-0.3, -0.25) is 0 Å². The molecule has 0 radical (unpaired) electrons. The van der Waals surface area contributed by atoms with Crippen LogP contribution in [0.3, 0.4) is 0 Å². The van der Waals surface area contributed by atoms with Crippen LogP contribution in [0.2, 0.25) is 5.02 Å². The van der Waals surface area contributed by atoms with Crippen LogP contribution in [0.1, 0.15) is 53.7 Å². The van der Waals surface area contributed by atoms with Gasteiger partial charge in [0.15, 0.2) is 0 Å². The van der Waals surface area contributed by atoms with Crippen LogP contribution in [0.4, 0.5) is 0 Å². The van der Waals surface area contributed by atoms with E-state index >= 15 is 0 Å². The molecular weight excluding hydrogens is 300 g/mol. The summed E-state index contributed by atoms with van der Waals surface area (Å²) < 4.78 is 0. The first-order chi connectivity index (χ1) is 10.1. The molecule has 3 rings (SSSR count). The summed E-state index contributed by atoms with van der Waals surface area (Å²) in [4.78, 5) is 6.34. The Morgan fingerprint density at radius 1 is 1.29 bits per heavy atom. The maximum Gasteiger partial charge on any atom is 0.0975 e. The number of benzene rings is 1. The van der Waals surface area contributed by atoms with Crippen molar-refractivity contribution in [2.24, 2.45) is 0 Å². The van der Waals surface area contributed by atoms with Gasteiger partial charge in [0.25, 0.3) is 0 Å². The number of nitrogens with one attached hydrogen (secondary N) is 1. The van der Waals surface area contributed by atoms with E-state index in [2.05, 4.69) is 31.3 Å². The molecule has 0 saturated heterocycles. The minimum Gasteiger partial charge on any atom is -0.310 e. The number of halogens is 1. The van der Waals surface area contributed by atoms with E-state index in [-0.39, 0.29) is 0 Å². The van der Waals surface area contributed by atoms with E-state index in [1.165, 1.54) is 34.0 Å². The summed E-state index contributed by atoms with van der Waals surface area (Å²) in [6.07, 6.45) is 3.51. The average molecular weight is 321 g/mol. The van der Waals surface area contributed by atoms with Gasteiger partial charge in [0.1, 0.15) is 0 Å². The molecule has 21 heavy (non-hydrogen) atoms. The molecule has 2 nitrogen and oxygen atoms in total. The molecular formula is C17H21ClN2S. The predicted molar refractivity (Wildman–Crippen MR) is 90.3 cm³/mol. The molecule has 1 aromatic heterocycles. The van der Waals surface area contributed by atoms with Crippen LogP contribution in [-0.4, -0.2) is 11.0 Å². The first-order valence-corrected chi connectivity index (χ1v) is 8.77. The molecule has 4 heteroatoms. The van der Waals surface area contributed by atoms with Gasteiger partial charge in [0.05, 0.1) is 10.7 Å². The SMILES string of the molecule is CC(C)NCc1sc(Cc2ccc(Cl)cc2)nc1C1CC1. The van der Waals surface area contributed by atoms with Crippen molar-refractivity contribution in [3.63, 3.8) is 0 Å². The lowest BCUT2D eigenvalue weighted by molar-refractivity contribution is 0.590. The molecule has 112 valence electrons.